The lowest BCUT2D eigenvalue weighted by atomic mass is 9.93. The van der Waals surface area contributed by atoms with E-state index >= 15 is 0 Å². The summed E-state index contributed by atoms with van der Waals surface area (Å²) in [7, 11) is 0. The molecular formula is C25H27N7O2S. The highest BCUT2D eigenvalue weighted by Crippen LogP contribution is 2.28. The summed E-state index contributed by atoms with van der Waals surface area (Å²) < 4.78 is 0. The smallest absolute Gasteiger partial charge is 0.282 e. The normalized spacial score (nSPS) is 18.8. The van der Waals surface area contributed by atoms with E-state index in [0.29, 0.717) is 36.6 Å². The zero-order chi connectivity index (χ0) is 23.8. The summed E-state index contributed by atoms with van der Waals surface area (Å²) in [5.74, 6) is 0.831. The second-order valence-electron chi connectivity index (χ2n) is 9.19. The highest BCUT2D eigenvalue weighted by Gasteiger charge is 2.38. The summed E-state index contributed by atoms with van der Waals surface area (Å²) in [4.78, 5) is 47.3. The summed E-state index contributed by atoms with van der Waals surface area (Å²) in [5.41, 5.74) is 3.12. The molecule has 10 heteroatoms. The number of hydrogen-bond donors (Lipinski definition) is 0. The van der Waals surface area contributed by atoms with Gasteiger partial charge >= 0.3 is 0 Å². The molecule has 2 saturated heterocycles. The van der Waals surface area contributed by atoms with E-state index in [4.69, 9.17) is 0 Å². The SMILES string of the molecule is O=C(c1nccs1)N1CCN(C2CN(C(=O)c3cccc4c3CN(c3ncccn3)CC4)C2)CC1. The molecule has 0 aliphatic carbocycles. The molecule has 0 spiro atoms. The third-order valence-electron chi connectivity index (χ3n) is 7.22. The molecule has 3 aliphatic rings. The van der Waals surface area contributed by atoms with E-state index in [1.54, 1.807) is 18.6 Å². The third kappa shape index (κ3) is 4.28. The van der Waals surface area contributed by atoms with Crippen LogP contribution in [0.1, 0.15) is 31.3 Å². The summed E-state index contributed by atoms with van der Waals surface area (Å²) in [6, 6.07) is 8.24. The van der Waals surface area contributed by atoms with Gasteiger partial charge in [0.2, 0.25) is 5.95 Å². The fraction of sp³-hybridized carbons (Fsp3) is 0.400. The van der Waals surface area contributed by atoms with Crippen molar-refractivity contribution in [2.24, 2.45) is 0 Å². The molecule has 3 aromatic rings. The molecule has 3 aliphatic heterocycles. The van der Waals surface area contributed by atoms with E-state index in [1.807, 2.05) is 33.4 Å². The molecule has 0 atom stereocenters. The van der Waals surface area contributed by atoms with Crippen LogP contribution in [0, 0.1) is 0 Å². The Kier molecular flexibility index (Phi) is 5.91. The van der Waals surface area contributed by atoms with E-state index in [-0.39, 0.29) is 11.8 Å². The molecule has 2 amide bonds. The molecule has 0 saturated carbocycles. The van der Waals surface area contributed by atoms with Crippen molar-refractivity contribution in [1.29, 1.82) is 0 Å². The number of piperazine rings is 1. The quantitative estimate of drug-likeness (QED) is 0.552. The molecule has 9 nitrogen and oxygen atoms in total. The Morgan fingerprint density at radius 2 is 1.66 bits per heavy atom. The largest absolute Gasteiger partial charge is 0.336 e. The Labute approximate surface area is 208 Å². The van der Waals surface area contributed by atoms with Crippen LogP contribution in [0.2, 0.25) is 0 Å². The molecule has 0 bridgehead atoms. The molecule has 2 aromatic heterocycles. The maximum absolute atomic E-state index is 13.4. The van der Waals surface area contributed by atoms with Crippen LogP contribution in [0.5, 0.6) is 0 Å². The van der Waals surface area contributed by atoms with E-state index in [2.05, 4.69) is 30.8 Å². The highest BCUT2D eigenvalue weighted by molar-refractivity contribution is 7.11. The van der Waals surface area contributed by atoms with Gasteiger partial charge < -0.3 is 14.7 Å². The van der Waals surface area contributed by atoms with Crippen LogP contribution in [-0.4, -0.2) is 93.3 Å². The van der Waals surface area contributed by atoms with Gasteiger partial charge in [-0.3, -0.25) is 14.5 Å². The van der Waals surface area contributed by atoms with Crippen molar-refractivity contribution in [3.05, 3.63) is 69.9 Å². The molecule has 35 heavy (non-hydrogen) atoms. The molecule has 1 aromatic carbocycles. The van der Waals surface area contributed by atoms with Gasteiger partial charge in [-0.05, 0) is 29.7 Å². The Morgan fingerprint density at radius 3 is 2.40 bits per heavy atom. The minimum Gasteiger partial charge on any atom is -0.336 e. The summed E-state index contributed by atoms with van der Waals surface area (Å²) in [6.07, 6.45) is 6.06. The van der Waals surface area contributed by atoms with Crippen LogP contribution in [0.4, 0.5) is 5.95 Å². The van der Waals surface area contributed by atoms with Crippen LogP contribution >= 0.6 is 11.3 Å². The monoisotopic (exact) mass is 489 g/mol. The lowest BCUT2D eigenvalue weighted by Gasteiger charge is -2.48. The Hall–Kier alpha value is -3.37. The number of amides is 2. The number of likely N-dealkylation sites (tertiary alicyclic amines) is 1. The van der Waals surface area contributed by atoms with Crippen LogP contribution in [-0.2, 0) is 13.0 Å². The predicted molar refractivity (Wildman–Crippen MR) is 133 cm³/mol. The Bertz CT molecular complexity index is 1210. The zero-order valence-electron chi connectivity index (χ0n) is 19.4. The molecule has 5 heterocycles. The van der Waals surface area contributed by atoms with Crippen molar-refractivity contribution in [1.82, 2.24) is 29.7 Å². The van der Waals surface area contributed by atoms with Crippen LogP contribution in [0.25, 0.3) is 0 Å². The Balaban J connectivity index is 1.07. The topological polar surface area (TPSA) is 85.8 Å². The van der Waals surface area contributed by atoms with Gasteiger partial charge in [-0.15, -0.1) is 11.3 Å². The number of hydrogen-bond acceptors (Lipinski definition) is 8. The lowest BCUT2D eigenvalue weighted by molar-refractivity contribution is 0.00846. The van der Waals surface area contributed by atoms with E-state index in [0.717, 1.165) is 50.3 Å². The number of fused-ring (bicyclic) bond motifs is 1. The zero-order valence-corrected chi connectivity index (χ0v) is 20.2. The second kappa shape index (κ2) is 9.35. The number of benzene rings is 1. The maximum atomic E-state index is 13.4. The predicted octanol–water partition coefficient (Wildman–Crippen LogP) is 1.78. The van der Waals surface area contributed by atoms with Gasteiger partial charge in [-0.2, -0.15) is 0 Å². The molecular weight excluding hydrogens is 462 g/mol. The fourth-order valence-electron chi connectivity index (χ4n) is 5.18. The van der Waals surface area contributed by atoms with Gasteiger partial charge in [-0.25, -0.2) is 15.0 Å². The first-order chi connectivity index (χ1) is 17.2. The van der Waals surface area contributed by atoms with Gasteiger partial charge in [0.05, 0.1) is 0 Å². The van der Waals surface area contributed by atoms with E-state index in [9.17, 15) is 9.59 Å². The summed E-state index contributed by atoms with van der Waals surface area (Å²) in [5, 5.41) is 2.39. The van der Waals surface area contributed by atoms with E-state index in [1.165, 1.54) is 16.9 Å². The Morgan fingerprint density at radius 1 is 0.857 bits per heavy atom. The molecule has 0 N–H and O–H groups in total. The number of nitrogens with zero attached hydrogens (tertiary/aromatic N) is 7. The maximum Gasteiger partial charge on any atom is 0.282 e. The van der Waals surface area contributed by atoms with Gasteiger partial charge in [0.25, 0.3) is 11.8 Å². The van der Waals surface area contributed by atoms with Crippen molar-refractivity contribution in [2.45, 2.75) is 19.0 Å². The molecule has 6 rings (SSSR count). The van der Waals surface area contributed by atoms with E-state index < -0.39 is 0 Å². The average molecular weight is 490 g/mol. The average Bonchev–Trinajstić information content (AvgIpc) is 3.43. The lowest BCUT2D eigenvalue weighted by Crippen LogP contribution is -2.64. The molecule has 2 fully saturated rings. The van der Waals surface area contributed by atoms with Gasteiger partial charge in [0, 0.05) is 87.9 Å². The number of thiazole rings is 1. The number of anilines is 1. The highest BCUT2D eigenvalue weighted by atomic mass is 32.1. The molecule has 0 radical (unpaired) electrons. The number of rotatable bonds is 4. The fourth-order valence-corrected chi connectivity index (χ4v) is 5.79. The van der Waals surface area contributed by atoms with Gasteiger partial charge in [0.1, 0.15) is 0 Å². The van der Waals surface area contributed by atoms with Crippen molar-refractivity contribution in [2.75, 3.05) is 50.7 Å². The molecule has 0 unspecified atom stereocenters. The number of carbonyl (C=O) groups is 2. The second-order valence-corrected chi connectivity index (χ2v) is 10.1. The standard InChI is InChI=1S/C25H27N7O2S/c33-23(20-4-1-3-18-5-9-31(17-21(18)20)25-27-6-2-7-28-25)32-15-19(16-32)29-10-12-30(13-11-29)24(34)22-26-8-14-35-22/h1-4,6-8,14,19H,5,9-13,15-17H2. The minimum atomic E-state index is 0.0221. The first-order valence-corrected chi connectivity index (χ1v) is 12.9. The van der Waals surface area contributed by atoms with Gasteiger partial charge in [-0.1, -0.05) is 12.1 Å². The minimum absolute atomic E-state index is 0.0221. The molecule has 180 valence electrons. The van der Waals surface area contributed by atoms with Crippen molar-refractivity contribution < 1.29 is 9.59 Å². The number of aromatic nitrogens is 3. The van der Waals surface area contributed by atoms with Crippen molar-refractivity contribution in [3.63, 3.8) is 0 Å². The number of carbonyl (C=O) groups excluding carboxylic acids is 2. The van der Waals surface area contributed by atoms with Crippen molar-refractivity contribution >= 4 is 29.1 Å². The first-order valence-electron chi connectivity index (χ1n) is 12.0. The first kappa shape index (κ1) is 22.1. The van der Waals surface area contributed by atoms with Gasteiger partial charge in [0.15, 0.2) is 5.01 Å². The summed E-state index contributed by atoms with van der Waals surface area (Å²) in [6.45, 7) is 6.01. The van der Waals surface area contributed by atoms with Crippen LogP contribution < -0.4 is 4.90 Å². The van der Waals surface area contributed by atoms with Crippen LogP contribution in [0.15, 0.2) is 48.2 Å². The van der Waals surface area contributed by atoms with Crippen molar-refractivity contribution in [3.8, 4) is 0 Å². The third-order valence-corrected chi connectivity index (χ3v) is 7.98. The summed E-state index contributed by atoms with van der Waals surface area (Å²) >= 11 is 1.39. The van der Waals surface area contributed by atoms with Crippen LogP contribution in [0.3, 0.4) is 0 Å².